The highest BCUT2D eigenvalue weighted by molar-refractivity contribution is 5.91. The lowest BCUT2D eigenvalue weighted by Gasteiger charge is -2.08. The van der Waals surface area contributed by atoms with Gasteiger partial charge in [-0.2, -0.15) is 0 Å². The second kappa shape index (κ2) is 8.87. The number of nitrogens with one attached hydrogen (secondary N) is 1. The molecule has 1 amide bonds. The van der Waals surface area contributed by atoms with Crippen LogP contribution in [0.25, 0.3) is 0 Å². The van der Waals surface area contributed by atoms with Crippen LogP contribution in [0.3, 0.4) is 0 Å². The van der Waals surface area contributed by atoms with E-state index in [2.05, 4.69) is 12.2 Å². The molecule has 0 aliphatic rings. The van der Waals surface area contributed by atoms with Crippen molar-refractivity contribution in [3.05, 3.63) is 70.8 Å². The van der Waals surface area contributed by atoms with Gasteiger partial charge >= 0.3 is 5.97 Å². The van der Waals surface area contributed by atoms with Crippen LogP contribution in [0.2, 0.25) is 0 Å². The summed E-state index contributed by atoms with van der Waals surface area (Å²) in [7, 11) is 0. The molecule has 0 radical (unpaired) electrons. The molecule has 0 bridgehead atoms. The molecule has 1 N–H and O–H groups in total. The van der Waals surface area contributed by atoms with E-state index < -0.39 is 5.97 Å². The van der Waals surface area contributed by atoms with Crippen molar-refractivity contribution in [3.8, 4) is 0 Å². The Balaban J connectivity index is 1.72. The average Bonchev–Trinajstić information content (AvgIpc) is 2.61. The fourth-order valence-corrected chi connectivity index (χ4v) is 2.37. The Morgan fingerprint density at radius 1 is 1.04 bits per heavy atom. The minimum atomic E-state index is -0.480. The highest BCUT2D eigenvalue weighted by Gasteiger charge is 2.10. The van der Waals surface area contributed by atoms with Crippen LogP contribution in [0.15, 0.2) is 48.5 Å². The van der Waals surface area contributed by atoms with Crippen LogP contribution in [0, 0.1) is 6.92 Å². The van der Waals surface area contributed by atoms with Gasteiger partial charge in [0.15, 0.2) is 6.61 Å². The Morgan fingerprint density at radius 3 is 2.42 bits per heavy atom. The molecule has 126 valence electrons. The van der Waals surface area contributed by atoms with Gasteiger partial charge < -0.3 is 10.1 Å². The number of aryl methyl sites for hydroxylation is 2. The second-order valence-corrected chi connectivity index (χ2v) is 5.65. The zero-order chi connectivity index (χ0) is 17.4. The van der Waals surface area contributed by atoms with Crippen molar-refractivity contribution in [2.24, 2.45) is 0 Å². The molecule has 4 heteroatoms. The topological polar surface area (TPSA) is 55.4 Å². The van der Waals surface area contributed by atoms with Crippen molar-refractivity contribution in [2.45, 2.75) is 26.7 Å². The van der Waals surface area contributed by atoms with Gasteiger partial charge in [-0.25, -0.2) is 4.79 Å². The third-order valence-corrected chi connectivity index (χ3v) is 3.91. The third kappa shape index (κ3) is 5.23. The van der Waals surface area contributed by atoms with Crippen LogP contribution in [0.1, 0.15) is 34.0 Å². The van der Waals surface area contributed by atoms with E-state index >= 15 is 0 Å². The summed E-state index contributed by atoms with van der Waals surface area (Å²) in [6.07, 6.45) is 1.67. The van der Waals surface area contributed by atoms with Gasteiger partial charge in [0.25, 0.3) is 5.91 Å². The summed E-state index contributed by atoms with van der Waals surface area (Å²) in [5.74, 6) is -0.770. The summed E-state index contributed by atoms with van der Waals surface area (Å²) in [6.45, 7) is 4.35. The lowest BCUT2D eigenvalue weighted by Crippen LogP contribution is -2.30. The highest BCUT2D eigenvalue weighted by Crippen LogP contribution is 2.07. The van der Waals surface area contributed by atoms with Crippen LogP contribution in [-0.4, -0.2) is 25.0 Å². The van der Waals surface area contributed by atoms with E-state index in [4.69, 9.17) is 4.74 Å². The highest BCUT2D eigenvalue weighted by atomic mass is 16.5. The van der Waals surface area contributed by atoms with Crippen LogP contribution in [0.4, 0.5) is 0 Å². The number of ether oxygens (including phenoxy) is 1. The molecule has 2 rings (SSSR count). The second-order valence-electron chi connectivity index (χ2n) is 5.65. The Hall–Kier alpha value is -2.62. The lowest BCUT2D eigenvalue weighted by molar-refractivity contribution is -0.124. The van der Waals surface area contributed by atoms with Gasteiger partial charge in [-0.15, -0.1) is 0 Å². The van der Waals surface area contributed by atoms with Crippen LogP contribution < -0.4 is 5.32 Å². The quantitative estimate of drug-likeness (QED) is 0.796. The molecular weight excluding hydrogens is 302 g/mol. The van der Waals surface area contributed by atoms with Gasteiger partial charge in [-0.1, -0.05) is 43.3 Å². The maximum atomic E-state index is 11.9. The van der Waals surface area contributed by atoms with Gasteiger partial charge in [-0.05, 0) is 48.6 Å². The van der Waals surface area contributed by atoms with Crippen molar-refractivity contribution in [1.82, 2.24) is 5.32 Å². The Morgan fingerprint density at radius 2 is 1.75 bits per heavy atom. The van der Waals surface area contributed by atoms with E-state index in [-0.39, 0.29) is 12.5 Å². The molecule has 0 atom stereocenters. The molecule has 0 aliphatic heterocycles. The number of hydrogen-bond donors (Lipinski definition) is 1. The van der Waals surface area contributed by atoms with Crippen molar-refractivity contribution in [2.75, 3.05) is 13.2 Å². The van der Waals surface area contributed by atoms with Crippen molar-refractivity contribution in [1.29, 1.82) is 0 Å². The SMILES string of the molecule is CCc1ccc(C(=O)OCC(=O)NCCc2ccccc2C)cc1. The number of carbonyl (C=O) groups is 2. The lowest BCUT2D eigenvalue weighted by atomic mass is 10.1. The predicted octanol–water partition coefficient (Wildman–Crippen LogP) is 3.07. The fourth-order valence-electron chi connectivity index (χ4n) is 2.37. The molecule has 0 saturated heterocycles. The molecule has 2 aromatic rings. The number of benzene rings is 2. The molecule has 0 aliphatic carbocycles. The van der Waals surface area contributed by atoms with E-state index in [0.717, 1.165) is 18.4 Å². The standard InChI is InChI=1S/C20H23NO3/c1-3-16-8-10-18(11-9-16)20(23)24-14-19(22)21-13-12-17-7-5-4-6-15(17)2/h4-11H,3,12-14H2,1-2H3,(H,21,22). The summed E-state index contributed by atoms with van der Waals surface area (Å²) < 4.78 is 5.04. The summed E-state index contributed by atoms with van der Waals surface area (Å²) in [6, 6.07) is 15.3. The maximum absolute atomic E-state index is 11.9. The molecule has 0 fully saturated rings. The molecule has 0 spiro atoms. The molecule has 2 aromatic carbocycles. The minimum Gasteiger partial charge on any atom is -0.452 e. The predicted molar refractivity (Wildman–Crippen MR) is 94.0 cm³/mol. The van der Waals surface area contributed by atoms with Gasteiger partial charge in [-0.3, -0.25) is 4.79 Å². The van der Waals surface area contributed by atoms with Crippen molar-refractivity contribution >= 4 is 11.9 Å². The molecule has 0 aromatic heterocycles. The Labute approximate surface area is 142 Å². The molecule has 0 saturated carbocycles. The first-order valence-electron chi connectivity index (χ1n) is 8.17. The van der Waals surface area contributed by atoms with Gasteiger partial charge in [0.2, 0.25) is 0 Å². The van der Waals surface area contributed by atoms with E-state index in [1.807, 2.05) is 43.3 Å². The smallest absolute Gasteiger partial charge is 0.338 e. The number of esters is 1. The average molecular weight is 325 g/mol. The largest absolute Gasteiger partial charge is 0.452 e. The number of carbonyl (C=O) groups excluding carboxylic acids is 2. The first kappa shape index (κ1) is 17.7. The van der Waals surface area contributed by atoms with Crippen molar-refractivity contribution in [3.63, 3.8) is 0 Å². The fraction of sp³-hybridized carbons (Fsp3) is 0.300. The summed E-state index contributed by atoms with van der Waals surface area (Å²) in [4.78, 5) is 23.7. The molecule has 0 unspecified atom stereocenters. The summed E-state index contributed by atoms with van der Waals surface area (Å²) in [5.41, 5.74) is 4.01. The summed E-state index contributed by atoms with van der Waals surface area (Å²) >= 11 is 0. The van der Waals surface area contributed by atoms with E-state index in [0.29, 0.717) is 12.1 Å². The first-order valence-corrected chi connectivity index (χ1v) is 8.17. The van der Waals surface area contributed by atoms with Crippen LogP contribution in [0.5, 0.6) is 0 Å². The first-order chi connectivity index (χ1) is 11.6. The minimum absolute atomic E-state index is 0.262. The van der Waals surface area contributed by atoms with Crippen LogP contribution >= 0.6 is 0 Å². The maximum Gasteiger partial charge on any atom is 0.338 e. The zero-order valence-corrected chi connectivity index (χ0v) is 14.2. The van der Waals surface area contributed by atoms with E-state index in [1.165, 1.54) is 11.1 Å². The Bertz CT molecular complexity index is 692. The van der Waals surface area contributed by atoms with E-state index in [1.54, 1.807) is 12.1 Å². The Kier molecular flexibility index (Phi) is 6.55. The molecule has 0 heterocycles. The van der Waals surface area contributed by atoms with Gasteiger partial charge in [0.1, 0.15) is 0 Å². The number of amides is 1. The molecule has 4 nitrogen and oxygen atoms in total. The number of rotatable bonds is 7. The molecule has 24 heavy (non-hydrogen) atoms. The van der Waals surface area contributed by atoms with Crippen LogP contribution in [-0.2, 0) is 22.4 Å². The van der Waals surface area contributed by atoms with Gasteiger partial charge in [0, 0.05) is 6.54 Å². The third-order valence-electron chi connectivity index (χ3n) is 3.91. The normalized spacial score (nSPS) is 10.2. The zero-order valence-electron chi connectivity index (χ0n) is 14.2. The molecular formula is C20H23NO3. The van der Waals surface area contributed by atoms with E-state index in [9.17, 15) is 9.59 Å². The monoisotopic (exact) mass is 325 g/mol. The van der Waals surface area contributed by atoms with Crippen molar-refractivity contribution < 1.29 is 14.3 Å². The summed E-state index contributed by atoms with van der Waals surface area (Å²) in [5, 5.41) is 2.77. The number of hydrogen-bond acceptors (Lipinski definition) is 3. The van der Waals surface area contributed by atoms with Gasteiger partial charge in [0.05, 0.1) is 5.56 Å².